The minimum Gasteiger partial charge on any atom is -0.481 e. The molecule has 0 aliphatic carbocycles. The van der Waals surface area contributed by atoms with Gasteiger partial charge < -0.3 is 14.8 Å². The highest BCUT2D eigenvalue weighted by Gasteiger charge is 2.30. The van der Waals surface area contributed by atoms with Crippen LogP contribution in [0.4, 0.5) is 0 Å². The molecule has 0 saturated carbocycles. The van der Waals surface area contributed by atoms with Gasteiger partial charge in [0.15, 0.2) is 0 Å². The van der Waals surface area contributed by atoms with E-state index in [9.17, 15) is 9.59 Å². The van der Waals surface area contributed by atoms with Crippen molar-refractivity contribution in [3.05, 3.63) is 33.5 Å². The molecule has 0 radical (unpaired) electrons. The lowest BCUT2D eigenvalue weighted by atomic mass is 10.0. The molecular formula is C12H11NO4S. The molecule has 0 bridgehead atoms. The Labute approximate surface area is 106 Å². The first-order chi connectivity index (χ1) is 8.63. The second-order valence-corrected chi connectivity index (χ2v) is 5.37. The number of hydrogen-bond donors (Lipinski definition) is 2. The van der Waals surface area contributed by atoms with Crippen LogP contribution in [0.15, 0.2) is 27.4 Å². The minimum atomic E-state index is -0.770. The zero-order valence-electron chi connectivity index (χ0n) is 9.38. The summed E-state index contributed by atoms with van der Waals surface area (Å²) in [6, 6.07) is 5.58. The molecular weight excluding hydrogens is 254 g/mol. The van der Waals surface area contributed by atoms with Crippen LogP contribution in [0.5, 0.6) is 0 Å². The normalized spacial score (nSPS) is 23.6. The van der Waals surface area contributed by atoms with Gasteiger partial charge in [0.25, 0.3) is 0 Å². The molecule has 3 rings (SSSR count). The molecule has 0 spiro atoms. The van der Waals surface area contributed by atoms with E-state index >= 15 is 0 Å². The number of carbonyl (C=O) groups is 1. The molecule has 18 heavy (non-hydrogen) atoms. The van der Waals surface area contributed by atoms with Crippen LogP contribution < -0.4 is 10.3 Å². The van der Waals surface area contributed by atoms with Crippen LogP contribution in [0.1, 0.15) is 18.0 Å². The van der Waals surface area contributed by atoms with Gasteiger partial charge in [-0.05, 0) is 24.1 Å². The summed E-state index contributed by atoms with van der Waals surface area (Å²) in [5.41, 5.74) is 1.54. The maximum absolute atomic E-state index is 11.1. The van der Waals surface area contributed by atoms with Crippen molar-refractivity contribution in [2.45, 2.75) is 12.5 Å². The Hall–Kier alpha value is -1.66. The van der Waals surface area contributed by atoms with Crippen LogP contribution in [0.3, 0.4) is 0 Å². The van der Waals surface area contributed by atoms with E-state index in [1.807, 2.05) is 18.2 Å². The van der Waals surface area contributed by atoms with E-state index in [4.69, 9.17) is 9.52 Å². The lowest BCUT2D eigenvalue weighted by Crippen LogP contribution is -2.17. The van der Waals surface area contributed by atoms with Crippen molar-refractivity contribution in [1.29, 1.82) is 0 Å². The van der Waals surface area contributed by atoms with Crippen LogP contribution in [0, 0.1) is 5.92 Å². The zero-order chi connectivity index (χ0) is 12.7. The Bertz CT molecular complexity index is 659. The quantitative estimate of drug-likeness (QED) is 0.862. The lowest BCUT2D eigenvalue weighted by molar-refractivity contribution is -0.141. The van der Waals surface area contributed by atoms with Crippen molar-refractivity contribution in [2.24, 2.45) is 5.92 Å². The topological polar surface area (TPSA) is 79.5 Å². The first kappa shape index (κ1) is 11.4. The third-order valence-corrected chi connectivity index (χ3v) is 4.04. The van der Waals surface area contributed by atoms with Crippen molar-refractivity contribution in [3.63, 3.8) is 0 Å². The Balaban J connectivity index is 1.91. The van der Waals surface area contributed by atoms with Crippen molar-refractivity contribution >= 4 is 27.6 Å². The molecule has 1 saturated heterocycles. The van der Waals surface area contributed by atoms with E-state index < -0.39 is 5.97 Å². The molecule has 1 aliphatic rings. The summed E-state index contributed by atoms with van der Waals surface area (Å²) in [6.07, 6.45) is 0.565. The number of carboxylic acid groups (broad SMARTS) is 1. The molecule has 1 aliphatic heterocycles. The Morgan fingerprint density at radius 1 is 1.50 bits per heavy atom. The van der Waals surface area contributed by atoms with Gasteiger partial charge in [-0.2, -0.15) is 0 Å². The van der Waals surface area contributed by atoms with Crippen LogP contribution in [0.2, 0.25) is 0 Å². The highest BCUT2D eigenvalue weighted by Crippen LogP contribution is 2.29. The molecule has 1 fully saturated rings. The Morgan fingerprint density at radius 3 is 3.06 bits per heavy atom. The predicted octanol–water partition coefficient (Wildman–Crippen LogP) is 1.59. The zero-order valence-corrected chi connectivity index (χ0v) is 10.2. The van der Waals surface area contributed by atoms with E-state index in [-0.39, 0.29) is 16.9 Å². The second kappa shape index (κ2) is 4.22. The number of hydrogen-bond acceptors (Lipinski definition) is 5. The van der Waals surface area contributed by atoms with E-state index in [1.165, 1.54) is 0 Å². The van der Waals surface area contributed by atoms with Crippen LogP contribution >= 0.6 is 11.3 Å². The molecule has 1 aromatic carbocycles. The van der Waals surface area contributed by atoms with Crippen molar-refractivity contribution in [2.75, 3.05) is 6.54 Å². The molecule has 1 aromatic heterocycles. The molecule has 2 aromatic rings. The first-order valence-electron chi connectivity index (χ1n) is 5.63. The van der Waals surface area contributed by atoms with Gasteiger partial charge in [0.2, 0.25) is 0 Å². The fourth-order valence-electron chi connectivity index (χ4n) is 2.28. The maximum Gasteiger partial charge on any atom is 0.396 e. The lowest BCUT2D eigenvalue weighted by Gasteiger charge is -2.09. The average Bonchev–Trinajstić information content (AvgIpc) is 2.91. The fourth-order valence-corrected chi connectivity index (χ4v) is 2.93. The molecule has 5 nitrogen and oxygen atoms in total. The van der Waals surface area contributed by atoms with Gasteiger partial charge in [-0.1, -0.05) is 17.4 Å². The van der Waals surface area contributed by atoms with E-state index in [0.717, 1.165) is 21.6 Å². The van der Waals surface area contributed by atoms with Gasteiger partial charge in [-0.3, -0.25) is 4.79 Å². The number of nitrogens with one attached hydrogen (secondary N) is 1. The third-order valence-electron chi connectivity index (χ3n) is 3.24. The molecule has 2 N–H and O–H groups in total. The van der Waals surface area contributed by atoms with E-state index in [2.05, 4.69) is 5.32 Å². The SMILES string of the molecule is O=C(O)C1CNC(c2ccc3sc(=O)oc3c2)C1. The molecule has 0 amide bonds. The maximum atomic E-state index is 11.1. The highest BCUT2D eigenvalue weighted by atomic mass is 32.1. The van der Waals surface area contributed by atoms with Crippen molar-refractivity contribution < 1.29 is 14.3 Å². The smallest absolute Gasteiger partial charge is 0.396 e. The number of carboxylic acids is 1. The number of aliphatic carboxylic acids is 1. The summed E-state index contributed by atoms with van der Waals surface area (Å²) < 4.78 is 5.88. The molecule has 94 valence electrons. The van der Waals surface area contributed by atoms with Gasteiger partial charge in [0.05, 0.1) is 10.6 Å². The Kier molecular flexibility index (Phi) is 2.68. The van der Waals surface area contributed by atoms with Crippen LogP contribution in [-0.4, -0.2) is 17.6 Å². The average molecular weight is 265 g/mol. The van der Waals surface area contributed by atoms with Gasteiger partial charge in [0, 0.05) is 12.6 Å². The predicted molar refractivity (Wildman–Crippen MR) is 66.8 cm³/mol. The number of fused-ring (bicyclic) bond motifs is 1. The summed E-state index contributed by atoms with van der Waals surface area (Å²) in [5, 5.41) is 12.1. The fraction of sp³-hybridized carbons (Fsp3) is 0.333. The number of rotatable bonds is 2. The second-order valence-electron chi connectivity index (χ2n) is 4.39. The molecule has 6 heteroatoms. The Morgan fingerprint density at radius 2 is 2.33 bits per heavy atom. The van der Waals surface area contributed by atoms with Gasteiger partial charge in [-0.15, -0.1) is 0 Å². The summed E-state index contributed by atoms with van der Waals surface area (Å²) in [7, 11) is 0. The van der Waals surface area contributed by atoms with Gasteiger partial charge in [-0.25, -0.2) is 4.79 Å². The standard InChI is InChI=1S/C12H11NO4S/c14-11(15)7-3-8(13-5-7)6-1-2-10-9(4-6)17-12(16)18-10/h1-2,4,7-8,13H,3,5H2,(H,14,15). The van der Waals surface area contributed by atoms with Gasteiger partial charge >= 0.3 is 10.9 Å². The van der Waals surface area contributed by atoms with Gasteiger partial charge in [0.1, 0.15) is 5.58 Å². The third kappa shape index (κ3) is 1.93. The summed E-state index contributed by atoms with van der Waals surface area (Å²) >= 11 is 1.07. The monoisotopic (exact) mass is 265 g/mol. The van der Waals surface area contributed by atoms with E-state index in [0.29, 0.717) is 18.5 Å². The van der Waals surface area contributed by atoms with Crippen LogP contribution in [0.25, 0.3) is 10.3 Å². The molecule has 2 unspecified atom stereocenters. The van der Waals surface area contributed by atoms with E-state index in [1.54, 1.807) is 0 Å². The minimum absolute atomic E-state index is 0.0145. The number of benzene rings is 1. The molecule has 2 atom stereocenters. The molecule has 2 heterocycles. The van der Waals surface area contributed by atoms with Crippen molar-refractivity contribution in [3.8, 4) is 0 Å². The highest BCUT2D eigenvalue weighted by molar-refractivity contribution is 7.16. The summed E-state index contributed by atoms with van der Waals surface area (Å²) in [5.74, 6) is -1.12. The largest absolute Gasteiger partial charge is 0.481 e. The first-order valence-corrected chi connectivity index (χ1v) is 6.45. The summed E-state index contributed by atoms with van der Waals surface area (Å²) in [4.78, 5) is 21.7. The van der Waals surface area contributed by atoms with Crippen molar-refractivity contribution in [1.82, 2.24) is 5.32 Å². The summed E-state index contributed by atoms with van der Waals surface area (Å²) in [6.45, 7) is 0.478. The van der Waals surface area contributed by atoms with Crippen LogP contribution in [-0.2, 0) is 4.79 Å².